The number of para-hydroxylation sites is 2. The first-order valence-electron chi connectivity index (χ1n) is 21.9. The number of aliphatic hydroxyl groups excluding tert-OH is 2. The van der Waals surface area contributed by atoms with Gasteiger partial charge in [-0.05, 0) is 89.7 Å². The van der Waals surface area contributed by atoms with Crippen LogP contribution in [0.4, 0.5) is 0 Å². The molecule has 0 saturated carbocycles. The van der Waals surface area contributed by atoms with E-state index < -0.39 is 12.2 Å². The van der Waals surface area contributed by atoms with Gasteiger partial charge >= 0.3 is 0 Å². The first kappa shape index (κ1) is 43.0. The van der Waals surface area contributed by atoms with E-state index in [1.807, 2.05) is 0 Å². The molecule has 2 aromatic heterocycles. The van der Waals surface area contributed by atoms with Crippen LogP contribution in [0.1, 0.15) is 44.8 Å². The summed E-state index contributed by atoms with van der Waals surface area (Å²) >= 11 is 3.34. The van der Waals surface area contributed by atoms with E-state index in [0.717, 1.165) is 32.2 Å². The maximum Gasteiger partial charge on any atom is 0.0812 e. The molecule has 0 aliphatic rings. The molecule has 0 aliphatic carbocycles. The fourth-order valence-corrected chi connectivity index (χ4v) is 10.6. The van der Waals surface area contributed by atoms with Gasteiger partial charge in [-0.25, -0.2) is 0 Å². The van der Waals surface area contributed by atoms with Gasteiger partial charge in [-0.15, -0.1) is 23.5 Å². The van der Waals surface area contributed by atoms with Crippen molar-refractivity contribution in [2.75, 3.05) is 11.5 Å². The van der Waals surface area contributed by atoms with Crippen LogP contribution in [0.25, 0.3) is 45.1 Å². The van der Waals surface area contributed by atoms with E-state index in [4.69, 9.17) is 0 Å². The summed E-state index contributed by atoms with van der Waals surface area (Å²) in [4.78, 5) is 2.20. The van der Waals surface area contributed by atoms with Crippen molar-refractivity contribution in [1.82, 2.24) is 9.13 Å². The van der Waals surface area contributed by atoms with Gasteiger partial charge in [-0.1, -0.05) is 164 Å². The maximum atomic E-state index is 11.5. The summed E-state index contributed by atoms with van der Waals surface area (Å²) in [6.07, 6.45) is 3.50. The lowest BCUT2D eigenvalue weighted by atomic mass is 9.95. The quantitative estimate of drug-likeness (QED) is 0.0950. The standard InChI is InChI=1S/C58H52N2O2S2/c1-41-53(35-55(43-20-7-3-8-21-43)44-22-9-4-10-23-44)51-30-15-17-32-57(51)59(41)37-47(61)39-63-49-28-19-29-50(34-49)64-40-48(62)38-60-42(2)54(52-31-16-18-33-58(52)60)36-56(45-24-11-5-12-25-45)46-26-13-6-14-27-46/h3-36,47-48,61-62H,37-40H2,1-2H3. The van der Waals surface area contributed by atoms with Crippen LogP contribution in [-0.4, -0.2) is 43.1 Å². The molecule has 318 valence electrons. The molecule has 0 bridgehead atoms. The van der Waals surface area contributed by atoms with E-state index in [1.54, 1.807) is 23.5 Å². The third-order valence-electron chi connectivity index (χ3n) is 12.0. The minimum atomic E-state index is -0.562. The largest absolute Gasteiger partial charge is 0.390 e. The highest BCUT2D eigenvalue weighted by Crippen LogP contribution is 2.36. The van der Waals surface area contributed by atoms with E-state index in [-0.39, 0.29) is 0 Å². The van der Waals surface area contributed by atoms with E-state index in [9.17, 15) is 10.2 Å². The van der Waals surface area contributed by atoms with Gasteiger partial charge in [0, 0.05) is 78.7 Å². The van der Waals surface area contributed by atoms with E-state index >= 15 is 0 Å². The second-order valence-electron chi connectivity index (χ2n) is 16.2. The Morgan fingerprint density at radius 3 is 1.12 bits per heavy atom. The highest BCUT2D eigenvalue weighted by Gasteiger charge is 2.19. The van der Waals surface area contributed by atoms with Crippen LogP contribution in [0.2, 0.25) is 0 Å². The van der Waals surface area contributed by atoms with Crippen molar-refractivity contribution in [2.24, 2.45) is 0 Å². The number of rotatable bonds is 16. The average molecular weight is 873 g/mol. The van der Waals surface area contributed by atoms with Crippen LogP contribution >= 0.6 is 23.5 Å². The number of hydrogen-bond donors (Lipinski definition) is 2. The Morgan fingerprint density at radius 1 is 0.438 bits per heavy atom. The first-order valence-corrected chi connectivity index (χ1v) is 23.9. The van der Waals surface area contributed by atoms with Gasteiger partial charge in [0.05, 0.1) is 12.2 Å². The first-order chi connectivity index (χ1) is 31.4. The molecule has 0 saturated heterocycles. The van der Waals surface area contributed by atoms with Crippen molar-refractivity contribution in [1.29, 1.82) is 0 Å². The number of aromatic nitrogens is 2. The molecule has 2 atom stereocenters. The third-order valence-corrected chi connectivity index (χ3v) is 14.2. The Kier molecular flexibility index (Phi) is 13.5. The van der Waals surface area contributed by atoms with Gasteiger partial charge in [0.25, 0.3) is 0 Å². The lowest BCUT2D eigenvalue weighted by molar-refractivity contribution is 0.178. The van der Waals surface area contributed by atoms with E-state index in [1.165, 1.54) is 55.3 Å². The Labute approximate surface area is 385 Å². The number of fused-ring (bicyclic) bond motifs is 2. The van der Waals surface area contributed by atoms with Crippen LogP contribution in [0, 0.1) is 13.8 Å². The molecule has 9 rings (SSSR count). The van der Waals surface area contributed by atoms with Gasteiger partial charge in [-0.2, -0.15) is 0 Å². The van der Waals surface area contributed by atoms with Crippen molar-refractivity contribution < 1.29 is 10.2 Å². The maximum absolute atomic E-state index is 11.5. The van der Waals surface area contributed by atoms with Gasteiger partial charge in [-0.3, -0.25) is 0 Å². The molecule has 6 heteroatoms. The molecule has 9 aromatic rings. The summed E-state index contributed by atoms with van der Waals surface area (Å²) in [6.45, 7) is 5.31. The Balaban J connectivity index is 0.877. The molecule has 2 N–H and O–H groups in total. The zero-order chi connectivity index (χ0) is 43.8. The van der Waals surface area contributed by atoms with Crippen LogP contribution < -0.4 is 0 Å². The van der Waals surface area contributed by atoms with Crippen LogP contribution in [0.15, 0.2) is 204 Å². The molecule has 0 fully saturated rings. The van der Waals surface area contributed by atoms with E-state index in [2.05, 4.69) is 229 Å². The highest BCUT2D eigenvalue weighted by molar-refractivity contribution is 8.00. The molecule has 0 radical (unpaired) electrons. The number of benzene rings is 7. The summed E-state index contributed by atoms with van der Waals surface area (Å²) in [5, 5.41) is 25.4. The molecular weight excluding hydrogens is 821 g/mol. The SMILES string of the molecule is Cc1c(C=C(c2ccccc2)c2ccccc2)c2ccccc2n1CC(O)CSc1cccc(SCC(O)Cn2c(C)c(C=C(c3ccccc3)c3ccccc3)c3ccccc32)c1. The zero-order valence-corrected chi connectivity index (χ0v) is 37.9. The van der Waals surface area contributed by atoms with Crippen LogP contribution in [-0.2, 0) is 13.1 Å². The third kappa shape index (κ3) is 9.62. The summed E-state index contributed by atoms with van der Waals surface area (Å²) in [7, 11) is 0. The molecule has 2 heterocycles. The molecule has 4 nitrogen and oxygen atoms in total. The lowest BCUT2D eigenvalue weighted by Crippen LogP contribution is -2.19. The number of thioether (sulfide) groups is 2. The molecule has 2 unspecified atom stereocenters. The van der Waals surface area contributed by atoms with Crippen LogP contribution in [0.3, 0.4) is 0 Å². The Morgan fingerprint density at radius 2 is 0.766 bits per heavy atom. The summed E-state index contributed by atoms with van der Waals surface area (Å²) in [5.41, 5.74) is 13.8. The Bertz CT molecular complexity index is 2760. The van der Waals surface area contributed by atoms with Crippen molar-refractivity contribution in [3.63, 3.8) is 0 Å². The minimum absolute atomic E-state index is 0.491. The van der Waals surface area contributed by atoms with Crippen molar-refractivity contribution in [3.05, 3.63) is 239 Å². The Hall–Kier alpha value is -6.28. The van der Waals surface area contributed by atoms with Gasteiger partial charge in [0.15, 0.2) is 0 Å². The molecule has 7 aromatic carbocycles. The monoisotopic (exact) mass is 872 g/mol. The molecule has 0 spiro atoms. The van der Waals surface area contributed by atoms with Crippen LogP contribution in [0.5, 0.6) is 0 Å². The van der Waals surface area contributed by atoms with Gasteiger partial charge in [0.2, 0.25) is 0 Å². The topological polar surface area (TPSA) is 50.3 Å². The predicted octanol–water partition coefficient (Wildman–Crippen LogP) is 13.7. The van der Waals surface area contributed by atoms with Crippen molar-refractivity contribution >= 4 is 68.6 Å². The van der Waals surface area contributed by atoms with Crippen molar-refractivity contribution in [3.8, 4) is 0 Å². The van der Waals surface area contributed by atoms with Crippen molar-refractivity contribution in [2.45, 2.75) is 48.9 Å². The number of hydrogen-bond acceptors (Lipinski definition) is 4. The number of nitrogens with zero attached hydrogens (tertiary/aromatic N) is 2. The van der Waals surface area contributed by atoms with E-state index in [0.29, 0.717) is 24.6 Å². The van der Waals surface area contributed by atoms with Gasteiger partial charge < -0.3 is 19.3 Å². The fraction of sp³-hybridized carbons (Fsp3) is 0.138. The molecule has 0 aliphatic heterocycles. The summed E-state index contributed by atoms with van der Waals surface area (Å²) in [6, 6.07) is 67.7. The second-order valence-corrected chi connectivity index (χ2v) is 18.4. The van der Waals surface area contributed by atoms with Gasteiger partial charge in [0.1, 0.15) is 0 Å². The smallest absolute Gasteiger partial charge is 0.0812 e. The summed E-state index contributed by atoms with van der Waals surface area (Å²) < 4.78 is 4.54. The lowest BCUT2D eigenvalue weighted by Gasteiger charge is -2.16. The number of aliphatic hydroxyl groups is 2. The normalized spacial score (nSPS) is 12.3. The zero-order valence-electron chi connectivity index (χ0n) is 36.2. The second kappa shape index (κ2) is 20.0. The predicted molar refractivity (Wildman–Crippen MR) is 273 cm³/mol. The molecule has 64 heavy (non-hydrogen) atoms. The summed E-state index contributed by atoms with van der Waals surface area (Å²) in [5.74, 6) is 1.11. The molecule has 0 amide bonds. The average Bonchev–Trinajstić information content (AvgIpc) is 3.76. The molecular formula is C58H52N2O2S2. The minimum Gasteiger partial charge on any atom is -0.390 e. The highest BCUT2D eigenvalue weighted by atomic mass is 32.2. The fourth-order valence-electron chi connectivity index (χ4n) is 8.74.